The van der Waals surface area contributed by atoms with Crippen molar-refractivity contribution in [2.45, 2.75) is 38.9 Å². The van der Waals surface area contributed by atoms with Crippen LogP contribution in [0, 0.1) is 13.8 Å². The highest BCUT2D eigenvalue weighted by Gasteiger charge is 2.36. The third-order valence-corrected chi connectivity index (χ3v) is 5.74. The van der Waals surface area contributed by atoms with Gasteiger partial charge in [-0.3, -0.25) is 4.79 Å². The van der Waals surface area contributed by atoms with Crippen molar-refractivity contribution in [2.75, 3.05) is 16.4 Å². The molecule has 3 heterocycles. The minimum absolute atomic E-state index is 0.198. The van der Waals surface area contributed by atoms with Gasteiger partial charge in [0, 0.05) is 11.4 Å². The number of hydrogen-bond acceptors (Lipinski definition) is 6. The van der Waals surface area contributed by atoms with E-state index in [0.29, 0.717) is 22.4 Å². The van der Waals surface area contributed by atoms with Gasteiger partial charge in [-0.05, 0) is 55.9 Å². The first kappa shape index (κ1) is 19.3. The highest BCUT2D eigenvalue weighted by molar-refractivity contribution is 7.99. The van der Waals surface area contributed by atoms with Crippen LogP contribution in [0.5, 0.6) is 0 Å². The number of fused-ring (bicyclic) bond motifs is 1. The second kappa shape index (κ2) is 7.79. The number of aromatic nitrogens is 3. The lowest BCUT2D eigenvalue weighted by molar-refractivity contribution is -0.113. The fourth-order valence-corrected chi connectivity index (χ4v) is 3.96. The molecule has 1 aliphatic heterocycles. The zero-order valence-corrected chi connectivity index (χ0v) is 17.6. The fraction of sp³-hybridized carbons (Fsp3) is 0.286. The molecule has 1 atom stereocenters. The Morgan fingerprint density at radius 1 is 1.28 bits per heavy atom. The molecule has 8 heteroatoms. The minimum atomic E-state index is -0.495. The van der Waals surface area contributed by atoms with Gasteiger partial charge in [0.1, 0.15) is 11.8 Å². The average Bonchev–Trinajstić information content (AvgIpc) is 3.34. The van der Waals surface area contributed by atoms with Crippen LogP contribution in [0.1, 0.15) is 36.8 Å². The van der Waals surface area contributed by atoms with Gasteiger partial charge in [-0.25, -0.2) is 4.68 Å². The quantitative estimate of drug-likeness (QED) is 0.603. The van der Waals surface area contributed by atoms with Crippen LogP contribution in [-0.4, -0.2) is 26.4 Å². The van der Waals surface area contributed by atoms with Gasteiger partial charge in [0.15, 0.2) is 0 Å². The molecular formula is C21H23N5O2S. The van der Waals surface area contributed by atoms with Crippen molar-refractivity contribution in [3.8, 4) is 0 Å². The fourth-order valence-electron chi connectivity index (χ4n) is 3.40. The standard InChI is InChI=1S/C21H23N5O2S/c1-5-29-21-24-20-22-14(4)17(18(26(20)25-21)16-10-7-11-28-16)19(27)23-15-9-6-8-12(2)13(15)3/h6-11,18H,5H2,1-4H3,(H,23,27)(H,22,24,25)/t18-/m0/s1. The summed E-state index contributed by atoms with van der Waals surface area (Å²) in [5.41, 5.74) is 4.23. The van der Waals surface area contributed by atoms with Crippen LogP contribution in [0.3, 0.4) is 0 Å². The van der Waals surface area contributed by atoms with Gasteiger partial charge in [0.2, 0.25) is 11.1 Å². The number of nitrogens with one attached hydrogen (secondary N) is 2. The molecule has 4 rings (SSSR count). The summed E-state index contributed by atoms with van der Waals surface area (Å²) in [7, 11) is 0. The van der Waals surface area contributed by atoms with Crippen LogP contribution in [-0.2, 0) is 4.79 Å². The molecule has 1 aliphatic rings. The third-order valence-electron chi connectivity index (χ3n) is 5.02. The molecule has 0 saturated carbocycles. The summed E-state index contributed by atoms with van der Waals surface area (Å²) in [5, 5.41) is 11.6. The maximum Gasteiger partial charge on any atom is 0.256 e. The number of hydrogen-bond donors (Lipinski definition) is 2. The number of anilines is 2. The lowest BCUT2D eigenvalue weighted by Crippen LogP contribution is -2.31. The molecule has 29 heavy (non-hydrogen) atoms. The minimum Gasteiger partial charge on any atom is -0.467 e. The van der Waals surface area contributed by atoms with E-state index in [0.717, 1.165) is 28.3 Å². The van der Waals surface area contributed by atoms with Crippen molar-refractivity contribution in [2.24, 2.45) is 0 Å². The zero-order valence-electron chi connectivity index (χ0n) is 16.8. The number of carbonyl (C=O) groups excluding carboxylic acids is 1. The summed E-state index contributed by atoms with van der Waals surface area (Å²) < 4.78 is 7.41. The van der Waals surface area contributed by atoms with Crippen LogP contribution >= 0.6 is 11.8 Å². The number of rotatable bonds is 5. The lowest BCUT2D eigenvalue weighted by Gasteiger charge is -2.27. The highest BCUT2D eigenvalue weighted by Crippen LogP contribution is 2.37. The van der Waals surface area contributed by atoms with Gasteiger partial charge >= 0.3 is 0 Å². The number of furan rings is 1. The van der Waals surface area contributed by atoms with Crippen LogP contribution in [0.2, 0.25) is 0 Å². The van der Waals surface area contributed by atoms with Gasteiger partial charge in [-0.15, -0.1) is 5.10 Å². The monoisotopic (exact) mass is 409 g/mol. The lowest BCUT2D eigenvalue weighted by atomic mass is 9.99. The van der Waals surface area contributed by atoms with Crippen molar-refractivity contribution in [3.05, 3.63) is 64.8 Å². The molecular weight excluding hydrogens is 386 g/mol. The Kier molecular flexibility index (Phi) is 5.19. The number of carbonyl (C=O) groups is 1. The molecule has 0 bridgehead atoms. The molecule has 0 unspecified atom stereocenters. The van der Waals surface area contributed by atoms with Gasteiger partial charge in [-0.2, -0.15) is 4.98 Å². The summed E-state index contributed by atoms with van der Waals surface area (Å²) in [5.74, 6) is 1.90. The first-order valence-corrected chi connectivity index (χ1v) is 10.5. The second-order valence-electron chi connectivity index (χ2n) is 6.88. The summed E-state index contributed by atoms with van der Waals surface area (Å²) in [6, 6.07) is 9.04. The van der Waals surface area contributed by atoms with E-state index in [9.17, 15) is 4.79 Å². The average molecular weight is 410 g/mol. The predicted octanol–water partition coefficient (Wildman–Crippen LogP) is 4.53. The van der Waals surface area contributed by atoms with E-state index < -0.39 is 6.04 Å². The van der Waals surface area contributed by atoms with Gasteiger partial charge in [0.25, 0.3) is 5.91 Å². The Bertz CT molecular complexity index is 1080. The van der Waals surface area contributed by atoms with E-state index >= 15 is 0 Å². The highest BCUT2D eigenvalue weighted by atomic mass is 32.2. The maximum absolute atomic E-state index is 13.4. The molecule has 0 spiro atoms. The van der Waals surface area contributed by atoms with Crippen LogP contribution < -0.4 is 10.6 Å². The Hall–Kier alpha value is -3.00. The topological polar surface area (TPSA) is 85.0 Å². The smallest absolute Gasteiger partial charge is 0.256 e. The Labute approximate surface area is 173 Å². The summed E-state index contributed by atoms with van der Waals surface area (Å²) in [4.78, 5) is 17.9. The summed E-state index contributed by atoms with van der Waals surface area (Å²) in [6.45, 7) is 7.95. The Morgan fingerprint density at radius 3 is 2.83 bits per heavy atom. The third kappa shape index (κ3) is 3.55. The van der Waals surface area contributed by atoms with E-state index in [1.54, 1.807) is 22.7 Å². The number of benzene rings is 1. The second-order valence-corrected chi connectivity index (χ2v) is 8.11. The molecule has 2 aromatic heterocycles. The number of aryl methyl sites for hydroxylation is 1. The zero-order chi connectivity index (χ0) is 20.5. The van der Waals surface area contributed by atoms with Gasteiger partial charge in [0.05, 0.1) is 11.8 Å². The van der Waals surface area contributed by atoms with Gasteiger partial charge < -0.3 is 15.1 Å². The maximum atomic E-state index is 13.4. The van der Waals surface area contributed by atoms with Crippen LogP contribution in [0.15, 0.2) is 57.4 Å². The van der Waals surface area contributed by atoms with E-state index in [-0.39, 0.29) is 5.91 Å². The van der Waals surface area contributed by atoms with Crippen molar-refractivity contribution >= 4 is 29.3 Å². The molecule has 3 aromatic rings. The van der Waals surface area contributed by atoms with E-state index in [4.69, 9.17) is 4.42 Å². The molecule has 0 radical (unpaired) electrons. The molecule has 0 fully saturated rings. The van der Waals surface area contributed by atoms with Crippen molar-refractivity contribution < 1.29 is 9.21 Å². The first-order chi connectivity index (χ1) is 14.0. The van der Waals surface area contributed by atoms with Crippen molar-refractivity contribution in [1.29, 1.82) is 0 Å². The van der Waals surface area contributed by atoms with Crippen molar-refractivity contribution in [1.82, 2.24) is 14.8 Å². The molecule has 2 N–H and O–H groups in total. The summed E-state index contributed by atoms with van der Waals surface area (Å²) in [6.07, 6.45) is 1.60. The number of thioether (sulfide) groups is 1. The van der Waals surface area contributed by atoms with E-state index in [2.05, 4.69) is 27.6 Å². The van der Waals surface area contributed by atoms with E-state index in [1.165, 1.54) is 0 Å². The number of nitrogens with zero attached hydrogens (tertiary/aromatic N) is 3. The van der Waals surface area contributed by atoms with E-state index in [1.807, 2.05) is 51.1 Å². The Balaban J connectivity index is 1.75. The molecule has 0 aliphatic carbocycles. The van der Waals surface area contributed by atoms with Crippen LogP contribution in [0.25, 0.3) is 0 Å². The largest absolute Gasteiger partial charge is 0.467 e. The Morgan fingerprint density at radius 2 is 2.10 bits per heavy atom. The van der Waals surface area contributed by atoms with Crippen molar-refractivity contribution in [3.63, 3.8) is 0 Å². The first-order valence-electron chi connectivity index (χ1n) is 9.47. The molecule has 7 nitrogen and oxygen atoms in total. The van der Waals surface area contributed by atoms with Gasteiger partial charge in [-0.1, -0.05) is 30.8 Å². The SMILES string of the molecule is CCSc1nc2n(n1)[C@@H](c1ccco1)C(C(=O)Nc1cccc(C)c1C)=C(C)N2. The molecule has 1 amide bonds. The predicted molar refractivity (Wildman–Crippen MR) is 114 cm³/mol. The molecule has 0 saturated heterocycles. The number of amides is 1. The number of allylic oxidation sites excluding steroid dienone is 1. The summed E-state index contributed by atoms with van der Waals surface area (Å²) >= 11 is 1.55. The van der Waals surface area contributed by atoms with Crippen LogP contribution in [0.4, 0.5) is 11.6 Å². The molecule has 1 aromatic carbocycles. The normalized spacial score (nSPS) is 15.8. The molecule has 150 valence electrons.